The monoisotopic (exact) mass is 235 g/mol. The number of carbonyl (C=O) groups is 1. The second-order valence-electron chi connectivity index (χ2n) is 4.24. The van der Waals surface area contributed by atoms with Crippen molar-refractivity contribution in [2.75, 3.05) is 0 Å². The molecule has 0 unspecified atom stereocenters. The summed E-state index contributed by atoms with van der Waals surface area (Å²) in [4.78, 5) is 21.9. The Morgan fingerprint density at radius 3 is 2.88 bits per heavy atom. The molecular weight excluding hydrogens is 222 g/mol. The van der Waals surface area contributed by atoms with Gasteiger partial charge in [-0.1, -0.05) is 5.57 Å². The molecule has 17 heavy (non-hydrogen) atoms. The van der Waals surface area contributed by atoms with E-state index in [2.05, 4.69) is 0 Å². The third kappa shape index (κ3) is 2.00. The number of furan rings is 1. The lowest BCUT2D eigenvalue weighted by Gasteiger charge is -2.25. The average molecular weight is 235 g/mol. The largest absolute Gasteiger partial charge is 0.468 e. The summed E-state index contributed by atoms with van der Waals surface area (Å²) in [7, 11) is 0. The van der Waals surface area contributed by atoms with Crippen molar-refractivity contribution in [3.05, 3.63) is 45.4 Å². The fourth-order valence-corrected chi connectivity index (χ4v) is 2.36. The molecule has 1 aliphatic rings. The van der Waals surface area contributed by atoms with Gasteiger partial charge in [0.1, 0.15) is 18.0 Å². The van der Waals surface area contributed by atoms with Crippen LogP contribution in [0.3, 0.4) is 0 Å². The molecule has 0 fully saturated rings. The zero-order valence-electron chi connectivity index (χ0n) is 9.46. The number of hydrogen-bond donors (Lipinski definition) is 0. The number of aldehydes is 1. The molecule has 0 aliphatic heterocycles. The van der Waals surface area contributed by atoms with Crippen LogP contribution in [0.25, 0.3) is 0 Å². The van der Waals surface area contributed by atoms with Crippen molar-refractivity contribution in [3.63, 3.8) is 0 Å². The number of carbonyl (C=O) groups excluding carboxylic acids is 1. The van der Waals surface area contributed by atoms with Crippen molar-refractivity contribution in [2.45, 2.75) is 31.7 Å². The van der Waals surface area contributed by atoms with Crippen LogP contribution in [0.5, 0.6) is 0 Å². The molecular formula is C12H13NO4. The van der Waals surface area contributed by atoms with E-state index in [9.17, 15) is 14.9 Å². The molecule has 5 nitrogen and oxygen atoms in total. The van der Waals surface area contributed by atoms with Crippen LogP contribution in [0.1, 0.15) is 31.4 Å². The van der Waals surface area contributed by atoms with E-state index < -0.39 is 12.0 Å². The van der Waals surface area contributed by atoms with Gasteiger partial charge in [0, 0.05) is 16.9 Å². The normalized spacial score (nSPS) is 24.8. The summed E-state index contributed by atoms with van der Waals surface area (Å²) in [6.45, 7) is 1.84. The van der Waals surface area contributed by atoms with Crippen LogP contribution in [-0.2, 0) is 4.79 Å². The zero-order valence-corrected chi connectivity index (χ0v) is 9.46. The number of allylic oxidation sites excluding steroid dienone is 1. The molecule has 1 heterocycles. The molecule has 0 amide bonds. The van der Waals surface area contributed by atoms with Gasteiger partial charge in [-0.15, -0.1) is 0 Å². The van der Waals surface area contributed by atoms with Gasteiger partial charge in [-0.05, 0) is 25.5 Å². The van der Waals surface area contributed by atoms with Crippen LogP contribution < -0.4 is 0 Å². The molecule has 2 rings (SSSR count). The van der Waals surface area contributed by atoms with Crippen LogP contribution in [0.2, 0.25) is 0 Å². The van der Waals surface area contributed by atoms with Crippen LogP contribution in [0.4, 0.5) is 0 Å². The Bertz CT molecular complexity index is 461. The first kappa shape index (κ1) is 11.6. The summed E-state index contributed by atoms with van der Waals surface area (Å²) < 4.78 is 5.24. The number of nitro groups is 1. The van der Waals surface area contributed by atoms with Gasteiger partial charge in [0.15, 0.2) is 0 Å². The minimum Gasteiger partial charge on any atom is -0.468 e. The Balaban J connectivity index is 2.48. The predicted molar refractivity (Wildman–Crippen MR) is 60.2 cm³/mol. The van der Waals surface area contributed by atoms with E-state index in [1.807, 2.05) is 6.92 Å². The molecule has 1 aliphatic carbocycles. The first-order chi connectivity index (χ1) is 8.15. The van der Waals surface area contributed by atoms with Crippen molar-refractivity contribution in [3.8, 4) is 0 Å². The lowest BCUT2D eigenvalue weighted by Crippen LogP contribution is -2.32. The second-order valence-corrected chi connectivity index (χ2v) is 4.24. The molecule has 0 saturated carbocycles. The summed E-state index contributed by atoms with van der Waals surface area (Å²) in [5.41, 5.74) is 1.41. The molecule has 0 radical (unpaired) electrons. The van der Waals surface area contributed by atoms with Crippen LogP contribution in [-0.4, -0.2) is 17.3 Å². The van der Waals surface area contributed by atoms with E-state index in [-0.39, 0.29) is 4.92 Å². The third-order valence-corrected chi connectivity index (χ3v) is 3.28. The lowest BCUT2D eigenvalue weighted by atomic mass is 9.79. The van der Waals surface area contributed by atoms with Gasteiger partial charge < -0.3 is 4.42 Å². The minimum atomic E-state index is -0.773. The molecule has 1 aromatic heterocycles. The van der Waals surface area contributed by atoms with Crippen molar-refractivity contribution < 1.29 is 14.1 Å². The summed E-state index contributed by atoms with van der Waals surface area (Å²) in [6, 6.07) is 2.59. The third-order valence-electron chi connectivity index (χ3n) is 3.28. The molecule has 0 aromatic carbocycles. The minimum absolute atomic E-state index is 0.316. The van der Waals surface area contributed by atoms with Gasteiger partial charge in [-0.3, -0.25) is 14.9 Å². The maximum absolute atomic E-state index is 11.1. The Morgan fingerprint density at radius 2 is 2.35 bits per heavy atom. The zero-order chi connectivity index (χ0) is 12.4. The van der Waals surface area contributed by atoms with E-state index in [1.165, 1.54) is 6.26 Å². The molecule has 0 spiro atoms. The molecule has 90 valence electrons. The summed E-state index contributed by atoms with van der Waals surface area (Å²) in [6.07, 6.45) is 3.23. The SMILES string of the molecule is CC1=C(C=O)[C@@H](c2ccco2)[C@H]([N+](=O)[O-])CC1. The molecule has 2 atom stereocenters. The lowest BCUT2D eigenvalue weighted by molar-refractivity contribution is -0.527. The number of nitrogens with zero attached hydrogens (tertiary/aromatic N) is 1. The smallest absolute Gasteiger partial charge is 0.227 e. The fraction of sp³-hybridized carbons (Fsp3) is 0.417. The highest BCUT2D eigenvalue weighted by Gasteiger charge is 2.40. The molecule has 0 N–H and O–H groups in total. The van der Waals surface area contributed by atoms with Gasteiger partial charge in [0.2, 0.25) is 6.04 Å². The first-order valence-corrected chi connectivity index (χ1v) is 5.47. The Kier molecular flexibility index (Phi) is 3.08. The van der Waals surface area contributed by atoms with E-state index in [1.54, 1.807) is 12.1 Å². The van der Waals surface area contributed by atoms with Gasteiger partial charge >= 0.3 is 0 Å². The fourth-order valence-electron chi connectivity index (χ4n) is 2.36. The van der Waals surface area contributed by atoms with Gasteiger partial charge in [-0.25, -0.2) is 0 Å². The number of hydrogen-bond acceptors (Lipinski definition) is 4. The first-order valence-electron chi connectivity index (χ1n) is 5.47. The van der Waals surface area contributed by atoms with E-state index in [4.69, 9.17) is 4.42 Å². The molecule has 0 bridgehead atoms. The standard InChI is InChI=1S/C12H13NO4/c1-8-4-5-10(13(15)16)12(9(8)7-14)11-3-2-6-17-11/h2-3,6-7,10,12H,4-5H2,1H3/t10-,12-/m1/s1. The molecule has 1 aromatic rings. The maximum atomic E-state index is 11.1. The van der Waals surface area contributed by atoms with Gasteiger partial charge in [0.05, 0.1) is 6.26 Å². The van der Waals surface area contributed by atoms with E-state index in [0.29, 0.717) is 24.2 Å². The van der Waals surface area contributed by atoms with Crippen LogP contribution in [0.15, 0.2) is 34.0 Å². The average Bonchev–Trinajstić information content (AvgIpc) is 2.81. The topological polar surface area (TPSA) is 73.3 Å². The predicted octanol–water partition coefficient (Wildman–Crippen LogP) is 2.32. The second kappa shape index (κ2) is 4.53. The van der Waals surface area contributed by atoms with Crippen molar-refractivity contribution >= 4 is 6.29 Å². The highest BCUT2D eigenvalue weighted by molar-refractivity contribution is 5.77. The quantitative estimate of drug-likeness (QED) is 0.457. The highest BCUT2D eigenvalue weighted by Crippen LogP contribution is 2.38. The van der Waals surface area contributed by atoms with E-state index in [0.717, 1.165) is 11.9 Å². The van der Waals surface area contributed by atoms with E-state index >= 15 is 0 Å². The molecule has 5 heteroatoms. The van der Waals surface area contributed by atoms with Crippen molar-refractivity contribution in [2.24, 2.45) is 0 Å². The Morgan fingerprint density at radius 1 is 1.59 bits per heavy atom. The van der Waals surface area contributed by atoms with Crippen molar-refractivity contribution in [1.29, 1.82) is 0 Å². The number of rotatable bonds is 3. The molecule has 0 saturated heterocycles. The summed E-state index contributed by atoms with van der Waals surface area (Å²) in [5, 5.41) is 11.1. The summed E-state index contributed by atoms with van der Waals surface area (Å²) >= 11 is 0. The highest BCUT2D eigenvalue weighted by atomic mass is 16.6. The Hall–Kier alpha value is -1.91. The Labute approximate surface area is 98.3 Å². The van der Waals surface area contributed by atoms with Gasteiger partial charge in [0.25, 0.3) is 0 Å². The van der Waals surface area contributed by atoms with Crippen molar-refractivity contribution in [1.82, 2.24) is 0 Å². The van der Waals surface area contributed by atoms with Crippen LogP contribution in [0, 0.1) is 10.1 Å². The summed E-state index contributed by atoms with van der Waals surface area (Å²) in [5.74, 6) is -0.0564. The van der Waals surface area contributed by atoms with Crippen LogP contribution >= 0.6 is 0 Å². The van der Waals surface area contributed by atoms with Gasteiger partial charge in [-0.2, -0.15) is 0 Å². The maximum Gasteiger partial charge on any atom is 0.227 e.